The van der Waals surface area contributed by atoms with Gasteiger partial charge in [0, 0.05) is 17.6 Å². The summed E-state index contributed by atoms with van der Waals surface area (Å²) in [6.07, 6.45) is 0.250. The highest BCUT2D eigenvalue weighted by Crippen LogP contribution is 2.23. The minimum absolute atomic E-state index is 0.250. The first-order valence-corrected chi connectivity index (χ1v) is 6.68. The number of anilines is 2. The molecule has 1 aromatic carbocycles. The van der Waals surface area contributed by atoms with E-state index in [1.165, 1.54) is 0 Å². The molecule has 1 fully saturated rings. The Hall–Kier alpha value is -1.81. The second-order valence-electron chi connectivity index (χ2n) is 5.27. The summed E-state index contributed by atoms with van der Waals surface area (Å²) in [5.41, 5.74) is 7.55. The highest BCUT2D eigenvalue weighted by Gasteiger charge is 2.24. The van der Waals surface area contributed by atoms with Gasteiger partial charge in [0.25, 0.3) is 0 Å². The van der Waals surface area contributed by atoms with E-state index in [2.05, 4.69) is 30.9 Å². The molecule has 2 N–H and O–H groups in total. The first-order chi connectivity index (χ1) is 9.13. The van der Waals surface area contributed by atoms with Crippen LogP contribution in [-0.4, -0.2) is 30.3 Å². The molecule has 1 aliphatic rings. The van der Waals surface area contributed by atoms with Crippen LogP contribution >= 0.6 is 0 Å². The quantitative estimate of drug-likeness (QED) is 0.797. The number of fused-ring (bicyclic) bond motifs is 1. The van der Waals surface area contributed by atoms with Gasteiger partial charge in [0.15, 0.2) is 0 Å². The Morgan fingerprint density at radius 3 is 2.95 bits per heavy atom. The summed E-state index contributed by atoms with van der Waals surface area (Å²) in [5.74, 6) is 1.01. The maximum atomic E-state index is 5.79. The number of nitrogen functional groups attached to an aromatic ring is 1. The van der Waals surface area contributed by atoms with Crippen molar-refractivity contribution in [3.8, 4) is 0 Å². The second-order valence-corrected chi connectivity index (χ2v) is 5.27. The lowest BCUT2D eigenvalue weighted by atomic mass is 10.1. The molecule has 4 nitrogen and oxygen atoms in total. The molecule has 0 spiro atoms. The Balaban J connectivity index is 1.98. The second kappa shape index (κ2) is 4.70. The number of nitrogens with two attached hydrogens (primary N) is 1. The molecule has 1 aliphatic heterocycles. The van der Waals surface area contributed by atoms with Crippen LogP contribution in [0.15, 0.2) is 30.3 Å². The normalized spacial score (nSPS) is 23.8. The number of benzene rings is 1. The number of hydrogen-bond donors (Lipinski definition) is 1. The fourth-order valence-corrected chi connectivity index (χ4v) is 2.52. The summed E-state index contributed by atoms with van der Waals surface area (Å²) in [6.45, 7) is 5.90. The van der Waals surface area contributed by atoms with E-state index in [4.69, 9.17) is 15.5 Å². The largest absolute Gasteiger partial charge is 0.399 e. The molecule has 4 heteroatoms. The molecule has 2 heterocycles. The summed E-state index contributed by atoms with van der Waals surface area (Å²) in [4.78, 5) is 7.05. The van der Waals surface area contributed by atoms with Gasteiger partial charge in [-0.15, -0.1) is 0 Å². The van der Waals surface area contributed by atoms with Gasteiger partial charge in [0.05, 0.1) is 24.3 Å². The molecule has 0 amide bonds. The molecule has 0 aliphatic carbocycles. The highest BCUT2D eigenvalue weighted by molar-refractivity contribution is 5.83. The highest BCUT2D eigenvalue weighted by atomic mass is 16.5. The molecule has 2 aromatic rings. The minimum Gasteiger partial charge on any atom is -0.399 e. The van der Waals surface area contributed by atoms with E-state index in [9.17, 15) is 0 Å². The van der Waals surface area contributed by atoms with Crippen LogP contribution in [0.3, 0.4) is 0 Å². The number of rotatable bonds is 1. The fraction of sp³-hybridized carbons (Fsp3) is 0.400. The minimum atomic E-state index is 0.250. The van der Waals surface area contributed by atoms with Gasteiger partial charge in [0.2, 0.25) is 0 Å². The van der Waals surface area contributed by atoms with Crippen molar-refractivity contribution < 1.29 is 4.74 Å². The predicted octanol–water partition coefficient (Wildman–Crippen LogP) is 2.43. The molecule has 3 rings (SSSR count). The van der Waals surface area contributed by atoms with Crippen molar-refractivity contribution in [1.82, 2.24) is 4.98 Å². The summed E-state index contributed by atoms with van der Waals surface area (Å²) in [5, 5.41) is 1.08. The Kier molecular flexibility index (Phi) is 3.03. The van der Waals surface area contributed by atoms with Crippen molar-refractivity contribution in [1.29, 1.82) is 0 Å². The lowest BCUT2D eigenvalue weighted by Gasteiger charge is -2.37. The zero-order chi connectivity index (χ0) is 13.4. The van der Waals surface area contributed by atoms with Gasteiger partial charge in [-0.05, 0) is 44.2 Å². The molecule has 0 saturated carbocycles. The number of nitrogens with zero attached hydrogens (tertiary/aromatic N) is 2. The summed E-state index contributed by atoms with van der Waals surface area (Å²) < 4.78 is 5.66. The summed E-state index contributed by atoms with van der Waals surface area (Å²) in [7, 11) is 0. The number of hydrogen-bond acceptors (Lipinski definition) is 4. The average molecular weight is 257 g/mol. The van der Waals surface area contributed by atoms with Crippen LogP contribution in [0.2, 0.25) is 0 Å². The van der Waals surface area contributed by atoms with Gasteiger partial charge in [-0.3, -0.25) is 0 Å². The number of morpholine rings is 1. The summed E-state index contributed by atoms with van der Waals surface area (Å²) in [6, 6.07) is 10.3. The average Bonchev–Trinajstić information content (AvgIpc) is 2.41. The Labute approximate surface area is 113 Å². The molecule has 0 radical (unpaired) electrons. The van der Waals surface area contributed by atoms with Crippen molar-refractivity contribution in [2.75, 3.05) is 23.8 Å². The van der Waals surface area contributed by atoms with Gasteiger partial charge in [0.1, 0.15) is 5.82 Å². The maximum absolute atomic E-state index is 5.79. The van der Waals surface area contributed by atoms with Gasteiger partial charge >= 0.3 is 0 Å². The van der Waals surface area contributed by atoms with E-state index in [-0.39, 0.29) is 6.10 Å². The zero-order valence-corrected chi connectivity index (χ0v) is 11.3. The van der Waals surface area contributed by atoms with E-state index in [1.807, 2.05) is 18.2 Å². The molecule has 0 bridgehead atoms. The van der Waals surface area contributed by atoms with Gasteiger partial charge < -0.3 is 15.4 Å². The van der Waals surface area contributed by atoms with Crippen molar-refractivity contribution in [3.05, 3.63) is 30.3 Å². The predicted molar refractivity (Wildman–Crippen MR) is 78.4 cm³/mol. The lowest BCUT2D eigenvalue weighted by Crippen LogP contribution is -2.47. The molecule has 2 atom stereocenters. The third-order valence-corrected chi connectivity index (χ3v) is 3.60. The van der Waals surface area contributed by atoms with E-state index in [0.717, 1.165) is 35.6 Å². The van der Waals surface area contributed by atoms with Crippen LogP contribution in [-0.2, 0) is 4.74 Å². The van der Waals surface area contributed by atoms with Crippen molar-refractivity contribution in [3.63, 3.8) is 0 Å². The molecule has 1 aromatic heterocycles. The Morgan fingerprint density at radius 1 is 1.26 bits per heavy atom. The number of ether oxygens (including phenoxy) is 1. The third kappa shape index (κ3) is 2.36. The van der Waals surface area contributed by atoms with Crippen LogP contribution in [0.5, 0.6) is 0 Å². The van der Waals surface area contributed by atoms with Gasteiger partial charge in [-0.1, -0.05) is 0 Å². The fourth-order valence-electron chi connectivity index (χ4n) is 2.52. The van der Waals surface area contributed by atoms with E-state index in [0.29, 0.717) is 6.04 Å². The summed E-state index contributed by atoms with van der Waals surface area (Å²) >= 11 is 0. The van der Waals surface area contributed by atoms with E-state index < -0.39 is 0 Å². The lowest BCUT2D eigenvalue weighted by molar-refractivity contribution is 0.0341. The molecule has 19 heavy (non-hydrogen) atoms. The Morgan fingerprint density at radius 2 is 2.11 bits per heavy atom. The van der Waals surface area contributed by atoms with Gasteiger partial charge in [-0.2, -0.15) is 0 Å². The topological polar surface area (TPSA) is 51.4 Å². The van der Waals surface area contributed by atoms with E-state index >= 15 is 0 Å². The van der Waals surface area contributed by atoms with Crippen molar-refractivity contribution in [2.45, 2.75) is 26.0 Å². The van der Waals surface area contributed by atoms with E-state index in [1.54, 1.807) is 0 Å². The van der Waals surface area contributed by atoms with Gasteiger partial charge in [-0.25, -0.2) is 4.98 Å². The molecule has 2 unspecified atom stereocenters. The smallest absolute Gasteiger partial charge is 0.129 e. The zero-order valence-electron chi connectivity index (χ0n) is 11.3. The Bertz CT molecular complexity index is 599. The van der Waals surface area contributed by atoms with Crippen LogP contribution in [0, 0.1) is 0 Å². The van der Waals surface area contributed by atoms with Crippen molar-refractivity contribution >= 4 is 22.4 Å². The molecular formula is C15H19N3O. The van der Waals surface area contributed by atoms with Crippen LogP contribution in [0.4, 0.5) is 11.5 Å². The maximum Gasteiger partial charge on any atom is 0.129 e. The van der Waals surface area contributed by atoms with Crippen LogP contribution in [0.1, 0.15) is 13.8 Å². The van der Waals surface area contributed by atoms with Crippen LogP contribution in [0.25, 0.3) is 10.9 Å². The number of pyridine rings is 1. The first-order valence-electron chi connectivity index (χ1n) is 6.68. The monoisotopic (exact) mass is 257 g/mol. The first kappa shape index (κ1) is 12.2. The van der Waals surface area contributed by atoms with Crippen molar-refractivity contribution in [2.24, 2.45) is 0 Å². The third-order valence-electron chi connectivity index (χ3n) is 3.60. The molecule has 100 valence electrons. The molecule has 1 saturated heterocycles. The standard InChI is InChI=1S/C15H19N3O/c1-10-9-19-11(2)8-18(10)15-6-3-12-7-13(16)4-5-14(12)17-15/h3-7,10-11H,8-9,16H2,1-2H3. The SMILES string of the molecule is CC1CN(c2ccc3cc(N)ccc3n2)C(C)CO1. The molecular weight excluding hydrogens is 238 g/mol. The van der Waals surface area contributed by atoms with Crippen LogP contribution < -0.4 is 10.6 Å². The number of aromatic nitrogens is 1.